The summed E-state index contributed by atoms with van der Waals surface area (Å²) >= 11 is 0. The standard InChI is InChI=1S/C18H12N2O2.C4H9NO4S.CH4O3S/c21-17-13-14(16(20-17)12-9-5-2-6-10-12)18(22)19-15(13)11-7-3-1-4-8-11;1-10(8,9)5-3-2-4(6)7;1-5(2,3)4/h1-10,19,22H;5H,2-3H2,1H3,(H,6,7);1H3,(H,2,3,4)/p-2. The number of nitrogens with zero attached hydrogens (tertiary/aromatic N) is 1. The number of aromatic nitrogens is 1. The zero-order valence-electron chi connectivity index (χ0n) is 19.7. The number of carbonyl (C=O) groups is 2. The molecule has 0 spiro atoms. The molecule has 0 saturated heterocycles. The van der Waals surface area contributed by atoms with Crippen molar-refractivity contribution in [3.8, 4) is 17.1 Å². The number of aromatic amines is 1. The molecule has 0 atom stereocenters. The molecule has 14 heteroatoms. The number of carbonyl (C=O) groups excluding carboxylic acids is 2. The molecule has 4 rings (SSSR count). The van der Waals surface area contributed by atoms with Crippen molar-refractivity contribution < 1.29 is 41.2 Å². The van der Waals surface area contributed by atoms with Gasteiger partial charge in [0.1, 0.15) is 0 Å². The second-order valence-corrected chi connectivity index (χ2v) is 10.8. The summed E-state index contributed by atoms with van der Waals surface area (Å²) in [5.74, 6) is -1.62. The van der Waals surface area contributed by atoms with Crippen LogP contribution in [0.1, 0.15) is 27.9 Å². The first kappa shape index (κ1) is 29.4. The molecule has 1 aromatic heterocycles. The number of benzene rings is 2. The molecule has 0 aliphatic carbocycles. The van der Waals surface area contributed by atoms with E-state index in [9.17, 15) is 28.2 Å². The molecule has 0 bridgehead atoms. The first-order valence-electron chi connectivity index (χ1n) is 10.4. The van der Waals surface area contributed by atoms with E-state index in [1.165, 1.54) is 0 Å². The highest BCUT2D eigenvalue weighted by molar-refractivity contribution is 7.88. The highest BCUT2D eigenvalue weighted by Crippen LogP contribution is 2.37. The fraction of sp³-hybridized carbons (Fsp3) is 0.174. The quantitative estimate of drug-likeness (QED) is 0.358. The molecule has 1 amide bonds. The number of H-pyrrole nitrogens is 1. The second-order valence-electron chi connectivity index (χ2n) is 7.59. The van der Waals surface area contributed by atoms with Crippen LogP contribution in [-0.4, -0.2) is 68.1 Å². The lowest BCUT2D eigenvalue weighted by Crippen LogP contribution is -2.30. The van der Waals surface area contributed by atoms with E-state index in [1.807, 2.05) is 65.4 Å². The lowest BCUT2D eigenvalue weighted by molar-refractivity contribution is -0.305. The van der Waals surface area contributed by atoms with Gasteiger partial charge in [-0.3, -0.25) is 4.79 Å². The third-order valence-electron chi connectivity index (χ3n) is 4.45. The van der Waals surface area contributed by atoms with Crippen LogP contribution in [-0.2, 0) is 24.9 Å². The van der Waals surface area contributed by atoms with Gasteiger partial charge in [0.05, 0.1) is 38.9 Å². The van der Waals surface area contributed by atoms with Gasteiger partial charge in [0.15, 0.2) is 5.88 Å². The predicted octanol–water partition coefficient (Wildman–Crippen LogP) is 0.216. The van der Waals surface area contributed by atoms with Crippen molar-refractivity contribution in [3.63, 3.8) is 0 Å². The van der Waals surface area contributed by atoms with E-state index in [1.54, 1.807) is 0 Å². The number of aliphatic imine (C=N–C) groups is 1. The SMILES string of the molecule is CS(=O)(=O)NCCC(=O)[O-].CS(=O)(=O)[O-].O=C1N=C(c2ccccc2)c2c(O)[nH]c(-c3ccccc3)c21. The van der Waals surface area contributed by atoms with Crippen LogP contribution in [0.15, 0.2) is 65.7 Å². The van der Waals surface area contributed by atoms with Crippen molar-refractivity contribution in [1.29, 1.82) is 0 Å². The number of aromatic hydroxyl groups is 1. The zero-order chi connectivity index (χ0) is 27.8. The number of aliphatic carboxylic acids is 1. The molecule has 3 N–H and O–H groups in total. The van der Waals surface area contributed by atoms with Crippen molar-refractivity contribution in [2.24, 2.45) is 4.99 Å². The Morgan fingerprint density at radius 1 is 0.946 bits per heavy atom. The van der Waals surface area contributed by atoms with Gasteiger partial charge in [0.2, 0.25) is 10.0 Å². The number of sulfonamides is 1. The van der Waals surface area contributed by atoms with E-state index in [0.717, 1.165) is 17.4 Å². The molecular formula is C23H23N3O9S2-2. The number of amides is 1. The third kappa shape index (κ3) is 9.61. The second kappa shape index (κ2) is 12.4. The summed E-state index contributed by atoms with van der Waals surface area (Å²) in [5, 5.41) is 20.0. The highest BCUT2D eigenvalue weighted by Gasteiger charge is 2.33. The molecule has 0 saturated carbocycles. The number of rotatable bonds is 6. The van der Waals surface area contributed by atoms with E-state index in [4.69, 9.17) is 13.0 Å². The number of carboxylic acids is 1. The molecule has 0 unspecified atom stereocenters. The monoisotopic (exact) mass is 549 g/mol. The summed E-state index contributed by atoms with van der Waals surface area (Å²) in [7, 11) is -7.18. The first-order valence-corrected chi connectivity index (χ1v) is 14.1. The van der Waals surface area contributed by atoms with E-state index < -0.39 is 26.1 Å². The Bertz CT molecular complexity index is 1490. The highest BCUT2D eigenvalue weighted by atomic mass is 32.2. The van der Waals surface area contributed by atoms with E-state index in [0.29, 0.717) is 28.8 Å². The summed E-state index contributed by atoms with van der Waals surface area (Å²) in [6, 6.07) is 18.8. The Balaban J connectivity index is 0.000000269. The molecule has 0 radical (unpaired) electrons. The van der Waals surface area contributed by atoms with Gasteiger partial charge in [-0.05, 0) is 5.56 Å². The lowest BCUT2D eigenvalue weighted by atomic mass is 10.0. The maximum absolute atomic E-state index is 12.3. The van der Waals surface area contributed by atoms with Crippen LogP contribution in [0.3, 0.4) is 0 Å². The van der Waals surface area contributed by atoms with Gasteiger partial charge in [-0.25, -0.2) is 26.6 Å². The molecule has 2 heterocycles. The summed E-state index contributed by atoms with van der Waals surface area (Å²) in [4.78, 5) is 29.1. The molecule has 37 heavy (non-hydrogen) atoms. The van der Waals surface area contributed by atoms with Gasteiger partial charge >= 0.3 is 0 Å². The topological polar surface area (TPSA) is 209 Å². The van der Waals surface area contributed by atoms with Crippen LogP contribution in [0.5, 0.6) is 5.88 Å². The summed E-state index contributed by atoms with van der Waals surface area (Å²) in [6.07, 6.45) is 1.27. The van der Waals surface area contributed by atoms with Gasteiger partial charge in [-0.1, -0.05) is 60.7 Å². The average Bonchev–Trinajstić information content (AvgIpc) is 3.31. The van der Waals surface area contributed by atoms with E-state index in [-0.39, 0.29) is 24.8 Å². The maximum Gasteiger partial charge on any atom is 0.280 e. The van der Waals surface area contributed by atoms with Gasteiger partial charge in [0.25, 0.3) is 5.91 Å². The smallest absolute Gasteiger partial charge is 0.280 e. The molecule has 12 nitrogen and oxygen atoms in total. The number of carboxylic acid groups (broad SMARTS) is 1. The largest absolute Gasteiger partial charge is 0.748 e. The van der Waals surface area contributed by atoms with Crippen molar-refractivity contribution >= 4 is 37.7 Å². The number of fused-ring (bicyclic) bond motifs is 1. The van der Waals surface area contributed by atoms with Crippen LogP contribution in [0.4, 0.5) is 0 Å². The molecule has 2 aromatic carbocycles. The van der Waals surface area contributed by atoms with Crippen molar-refractivity contribution in [1.82, 2.24) is 9.71 Å². The number of nitrogens with one attached hydrogen (secondary N) is 2. The fourth-order valence-corrected chi connectivity index (χ4v) is 3.58. The van der Waals surface area contributed by atoms with Gasteiger partial charge in [-0.15, -0.1) is 0 Å². The minimum atomic E-state index is -3.92. The van der Waals surface area contributed by atoms with Crippen LogP contribution < -0.4 is 9.83 Å². The van der Waals surface area contributed by atoms with Crippen LogP contribution >= 0.6 is 0 Å². The normalized spacial score (nSPS) is 12.4. The summed E-state index contributed by atoms with van der Waals surface area (Å²) in [5.41, 5.74) is 3.68. The van der Waals surface area contributed by atoms with E-state index >= 15 is 0 Å². The Hall–Kier alpha value is -3.85. The molecular weight excluding hydrogens is 526 g/mol. The van der Waals surface area contributed by atoms with Crippen molar-refractivity contribution in [3.05, 3.63) is 77.4 Å². The third-order valence-corrected chi connectivity index (χ3v) is 5.18. The van der Waals surface area contributed by atoms with E-state index in [2.05, 4.69) is 9.98 Å². The molecule has 3 aromatic rings. The first-order chi connectivity index (χ1) is 17.2. The van der Waals surface area contributed by atoms with Crippen molar-refractivity contribution in [2.75, 3.05) is 19.1 Å². The Kier molecular flexibility index (Phi) is 9.85. The zero-order valence-corrected chi connectivity index (χ0v) is 21.3. The molecule has 1 aliphatic heterocycles. The Morgan fingerprint density at radius 2 is 1.43 bits per heavy atom. The molecule has 198 valence electrons. The summed E-state index contributed by atoms with van der Waals surface area (Å²) in [6.45, 7) is -0.110. The number of hydrogen-bond donors (Lipinski definition) is 3. The maximum atomic E-state index is 12.3. The molecule has 1 aliphatic rings. The minimum Gasteiger partial charge on any atom is -0.748 e. The lowest BCUT2D eigenvalue weighted by Gasteiger charge is -2.01. The van der Waals surface area contributed by atoms with Crippen LogP contribution in [0, 0.1) is 0 Å². The van der Waals surface area contributed by atoms with Gasteiger partial charge in [0, 0.05) is 30.8 Å². The van der Waals surface area contributed by atoms with Gasteiger partial charge in [-0.2, -0.15) is 0 Å². The predicted molar refractivity (Wildman–Crippen MR) is 132 cm³/mol. The number of hydrogen-bond acceptors (Lipinski definition) is 9. The van der Waals surface area contributed by atoms with Crippen LogP contribution in [0.2, 0.25) is 0 Å². The Labute approximate surface area is 213 Å². The summed E-state index contributed by atoms with van der Waals surface area (Å²) < 4.78 is 49.8. The van der Waals surface area contributed by atoms with Crippen molar-refractivity contribution in [2.45, 2.75) is 6.42 Å². The fourth-order valence-electron chi connectivity index (χ4n) is 3.11. The van der Waals surface area contributed by atoms with Gasteiger partial charge < -0.3 is 24.5 Å². The Morgan fingerprint density at radius 3 is 1.89 bits per heavy atom. The minimum absolute atomic E-state index is 0.0256. The average molecular weight is 550 g/mol. The van der Waals surface area contributed by atoms with Crippen LogP contribution in [0.25, 0.3) is 11.3 Å². The molecule has 0 fully saturated rings.